The maximum Gasteiger partial charge on any atom is 0.491 e. The Kier molecular flexibility index (Phi) is 1.93. The van der Waals surface area contributed by atoms with Gasteiger partial charge in [-0.05, 0) is 5.21 Å². The number of nitrogens with zero attached hydrogens (tertiary/aromatic N) is 3. The summed E-state index contributed by atoms with van der Waals surface area (Å²) in [5, 5.41) is 10.6. The zero-order valence-electron chi connectivity index (χ0n) is 5.29. The first-order valence-corrected chi connectivity index (χ1v) is 2.52. The zero-order valence-corrected chi connectivity index (χ0v) is 5.29. The van der Waals surface area contributed by atoms with Crippen LogP contribution in [0.1, 0.15) is 0 Å². The molecular formula is C3HF3N4O2. The molecule has 0 aromatic carbocycles. The Hall–Kier alpha value is -1.67. The number of aromatic nitrogens is 4. The predicted octanol–water partition coefficient (Wildman–Crippen LogP) is -0.333. The number of hydrogen-bond acceptors (Lipinski definition) is 5. The number of hydrogen-bond donors (Lipinski definition) is 1. The van der Waals surface area contributed by atoms with Gasteiger partial charge in [0.2, 0.25) is 0 Å². The van der Waals surface area contributed by atoms with Crippen LogP contribution in [0.2, 0.25) is 0 Å². The maximum atomic E-state index is 11.5. The number of esters is 1. The lowest BCUT2D eigenvalue weighted by Crippen LogP contribution is -2.28. The molecule has 0 aliphatic heterocycles. The number of aromatic amines is 1. The van der Waals surface area contributed by atoms with Crippen LogP contribution in [0.15, 0.2) is 0 Å². The average molecular weight is 182 g/mol. The molecule has 0 fully saturated rings. The van der Waals surface area contributed by atoms with Gasteiger partial charge in [0.05, 0.1) is 0 Å². The van der Waals surface area contributed by atoms with E-state index in [0.717, 1.165) is 0 Å². The van der Waals surface area contributed by atoms with Crippen LogP contribution in [0, 0.1) is 0 Å². The van der Waals surface area contributed by atoms with E-state index in [0.29, 0.717) is 0 Å². The van der Waals surface area contributed by atoms with Crippen molar-refractivity contribution in [3.8, 4) is 6.01 Å². The highest BCUT2D eigenvalue weighted by Crippen LogP contribution is 2.16. The summed E-state index contributed by atoms with van der Waals surface area (Å²) >= 11 is 0. The lowest BCUT2D eigenvalue weighted by atomic mass is 10.7. The smallest absolute Gasteiger partial charge is 0.382 e. The largest absolute Gasteiger partial charge is 0.491 e. The molecule has 1 rings (SSSR count). The summed E-state index contributed by atoms with van der Waals surface area (Å²) in [4.78, 5) is 10.1. The lowest BCUT2D eigenvalue weighted by Gasteiger charge is -2.01. The maximum absolute atomic E-state index is 11.5. The van der Waals surface area contributed by atoms with E-state index in [9.17, 15) is 18.0 Å². The molecule has 9 heteroatoms. The van der Waals surface area contributed by atoms with E-state index in [1.165, 1.54) is 0 Å². The van der Waals surface area contributed by atoms with Crippen LogP contribution in [0.3, 0.4) is 0 Å². The molecule has 0 aliphatic carbocycles. The van der Waals surface area contributed by atoms with Crippen LogP contribution < -0.4 is 4.74 Å². The van der Waals surface area contributed by atoms with E-state index < -0.39 is 18.2 Å². The summed E-state index contributed by atoms with van der Waals surface area (Å²) < 4.78 is 38.1. The summed E-state index contributed by atoms with van der Waals surface area (Å²) in [6, 6.07) is -0.766. The first-order chi connectivity index (χ1) is 5.50. The predicted molar refractivity (Wildman–Crippen MR) is 25.9 cm³/mol. The van der Waals surface area contributed by atoms with Crippen LogP contribution in [0.4, 0.5) is 13.2 Å². The Morgan fingerprint density at radius 1 is 1.50 bits per heavy atom. The molecule has 6 nitrogen and oxygen atoms in total. The summed E-state index contributed by atoms with van der Waals surface area (Å²) in [5.74, 6) is -2.39. The van der Waals surface area contributed by atoms with Crippen molar-refractivity contribution in [2.45, 2.75) is 6.18 Å². The first kappa shape index (κ1) is 8.43. The molecule has 12 heavy (non-hydrogen) atoms. The van der Waals surface area contributed by atoms with Gasteiger partial charge in [0.25, 0.3) is 0 Å². The summed E-state index contributed by atoms with van der Waals surface area (Å²) in [6.07, 6.45) is -5.05. The second kappa shape index (κ2) is 2.75. The highest BCUT2D eigenvalue weighted by atomic mass is 19.4. The van der Waals surface area contributed by atoms with Crippen molar-refractivity contribution >= 4 is 5.97 Å². The Morgan fingerprint density at radius 2 is 2.17 bits per heavy atom. The first-order valence-electron chi connectivity index (χ1n) is 2.52. The highest BCUT2D eigenvalue weighted by Gasteiger charge is 2.42. The molecule has 0 radical (unpaired) electrons. The summed E-state index contributed by atoms with van der Waals surface area (Å²) in [7, 11) is 0. The molecule has 0 saturated heterocycles. The van der Waals surface area contributed by atoms with Gasteiger partial charge in [-0.25, -0.2) is 4.79 Å². The fourth-order valence-electron chi connectivity index (χ4n) is 0.337. The van der Waals surface area contributed by atoms with Gasteiger partial charge in [-0.3, -0.25) is 0 Å². The molecule has 1 heterocycles. The number of H-pyrrole nitrogens is 1. The van der Waals surface area contributed by atoms with Crippen LogP contribution in [-0.2, 0) is 4.79 Å². The third-order valence-corrected chi connectivity index (χ3v) is 0.741. The Morgan fingerprint density at radius 3 is 2.58 bits per heavy atom. The number of alkyl halides is 3. The molecular weight excluding hydrogens is 181 g/mol. The van der Waals surface area contributed by atoms with E-state index in [4.69, 9.17) is 0 Å². The fraction of sp³-hybridized carbons (Fsp3) is 0.333. The van der Waals surface area contributed by atoms with Gasteiger partial charge >= 0.3 is 18.2 Å². The van der Waals surface area contributed by atoms with E-state index in [1.807, 2.05) is 5.21 Å². The minimum absolute atomic E-state index is 0.766. The Bertz CT molecular complexity index is 268. The van der Waals surface area contributed by atoms with E-state index >= 15 is 0 Å². The number of rotatable bonds is 1. The van der Waals surface area contributed by atoms with E-state index in [1.54, 1.807) is 0 Å². The molecule has 0 aliphatic rings. The zero-order chi connectivity index (χ0) is 9.19. The topological polar surface area (TPSA) is 80.8 Å². The van der Waals surface area contributed by atoms with Crippen LogP contribution in [-0.4, -0.2) is 32.8 Å². The van der Waals surface area contributed by atoms with Crippen molar-refractivity contribution in [3.05, 3.63) is 0 Å². The Balaban J connectivity index is 2.60. The lowest BCUT2D eigenvalue weighted by molar-refractivity contribution is -0.190. The van der Waals surface area contributed by atoms with Crippen molar-refractivity contribution in [2.75, 3.05) is 0 Å². The van der Waals surface area contributed by atoms with Gasteiger partial charge in [0.15, 0.2) is 0 Å². The standard InChI is InChI=1S/C3HF3N4O2/c4-3(5,6)1(11)12-2-7-9-10-8-2/h(H,7,8,9,10). The number of nitrogens with one attached hydrogen (secondary N) is 1. The summed E-state index contributed by atoms with van der Waals surface area (Å²) in [5.41, 5.74) is 0. The summed E-state index contributed by atoms with van der Waals surface area (Å²) in [6.45, 7) is 0. The number of carbonyl (C=O) groups is 1. The number of tetrazole rings is 1. The minimum Gasteiger partial charge on any atom is -0.382 e. The molecule has 1 aromatic heterocycles. The van der Waals surface area contributed by atoms with Gasteiger partial charge in [-0.2, -0.15) is 18.4 Å². The molecule has 1 N–H and O–H groups in total. The second-order valence-corrected chi connectivity index (χ2v) is 1.58. The normalized spacial score (nSPS) is 11.2. The SMILES string of the molecule is O=C(Oc1nn[nH]n1)C(F)(F)F. The molecule has 0 amide bonds. The van der Waals surface area contributed by atoms with Gasteiger partial charge in [-0.1, -0.05) is 10.2 Å². The quantitative estimate of drug-likeness (QED) is 0.601. The van der Waals surface area contributed by atoms with Crippen LogP contribution >= 0.6 is 0 Å². The molecule has 0 bridgehead atoms. The molecule has 0 unspecified atom stereocenters. The molecule has 0 atom stereocenters. The van der Waals surface area contributed by atoms with Crippen LogP contribution in [0.25, 0.3) is 0 Å². The monoisotopic (exact) mass is 182 g/mol. The number of carbonyl (C=O) groups excluding carboxylic acids is 1. The molecule has 0 saturated carbocycles. The second-order valence-electron chi connectivity index (χ2n) is 1.58. The molecule has 0 spiro atoms. The number of halogens is 3. The van der Waals surface area contributed by atoms with Crippen molar-refractivity contribution < 1.29 is 22.7 Å². The minimum atomic E-state index is -5.05. The van der Waals surface area contributed by atoms with Gasteiger partial charge in [0, 0.05) is 0 Å². The molecule has 1 aromatic rings. The van der Waals surface area contributed by atoms with Crippen molar-refractivity contribution in [3.63, 3.8) is 0 Å². The van der Waals surface area contributed by atoms with E-state index in [2.05, 4.69) is 20.1 Å². The third-order valence-electron chi connectivity index (χ3n) is 0.741. The van der Waals surface area contributed by atoms with Crippen molar-refractivity contribution in [2.24, 2.45) is 0 Å². The highest BCUT2D eigenvalue weighted by molar-refractivity contribution is 5.77. The number of ether oxygens (including phenoxy) is 1. The van der Waals surface area contributed by atoms with Gasteiger partial charge < -0.3 is 4.74 Å². The van der Waals surface area contributed by atoms with Gasteiger partial charge in [0.1, 0.15) is 0 Å². The van der Waals surface area contributed by atoms with Gasteiger partial charge in [-0.15, -0.1) is 0 Å². The average Bonchev–Trinajstić information content (AvgIpc) is 2.37. The molecule has 66 valence electrons. The van der Waals surface area contributed by atoms with E-state index in [-0.39, 0.29) is 0 Å². The third kappa shape index (κ3) is 1.90. The van der Waals surface area contributed by atoms with Crippen LogP contribution in [0.5, 0.6) is 6.01 Å². The Labute approximate surface area is 62.7 Å². The van der Waals surface area contributed by atoms with Crippen molar-refractivity contribution in [1.29, 1.82) is 0 Å². The van der Waals surface area contributed by atoms with Crippen molar-refractivity contribution in [1.82, 2.24) is 20.6 Å². The fourth-order valence-corrected chi connectivity index (χ4v) is 0.337.